The molecule has 0 aliphatic carbocycles. The summed E-state index contributed by atoms with van der Waals surface area (Å²) < 4.78 is 40.2. The average Bonchev–Trinajstić information content (AvgIpc) is 2.50. The molecule has 128 valence electrons. The standard InChI is InChI=1S/C16H15F3N2O3/c17-16(18,19)24-14-6-2-4-12(10-14)15(23)21-20-8-7-11-3-1-5-13(22)9-11/h1-6,9-10,20,22H,7-8H2,(H,21,23). The highest BCUT2D eigenvalue weighted by Crippen LogP contribution is 2.23. The van der Waals surface area contributed by atoms with E-state index in [0.29, 0.717) is 13.0 Å². The molecule has 3 N–H and O–H groups in total. The number of hydrogen-bond donors (Lipinski definition) is 3. The number of carbonyl (C=O) groups is 1. The van der Waals surface area contributed by atoms with Gasteiger partial charge in [0.1, 0.15) is 11.5 Å². The fraction of sp³-hybridized carbons (Fsp3) is 0.188. The lowest BCUT2D eigenvalue weighted by molar-refractivity contribution is -0.274. The lowest BCUT2D eigenvalue weighted by atomic mass is 10.1. The molecular formula is C16H15F3N2O3. The van der Waals surface area contributed by atoms with Gasteiger partial charge in [0.2, 0.25) is 0 Å². The first kappa shape index (κ1) is 17.6. The number of hydrazine groups is 1. The number of phenolic OH excluding ortho intramolecular Hbond substituents is 1. The SMILES string of the molecule is O=C(NNCCc1cccc(O)c1)c1cccc(OC(F)(F)F)c1. The summed E-state index contributed by atoms with van der Waals surface area (Å²) in [7, 11) is 0. The van der Waals surface area contributed by atoms with Gasteiger partial charge in [-0.3, -0.25) is 10.2 Å². The maximum absolute atomic E-state index is 12.2. The van der Waals surface area contributed by atoms with Crippen molar-refractivity contribution in [1.82, 2.24) is 10.9 Å². The third-order valence-electron chi connectivity index (χ3n) is 2.98. The second-order valence-electron chi connectivity index (χ2n) is 4.88. The van der Waals surface area contributed by atoms with Crippen LogP contribution in [-0.2, 0) is 6.42 Å². The van der Waals surface area contributed by atoms with Crippen LogP contribution in [0.1, 0.15) is 15.9 Å². The van der Waals surface area contributed by atoms with Gasteiger partial charge in [-0.15, -0.1) is 13.2 Å². The molecule has 2 aromatic carbocycles. The number of halogens is 3. The number of rotatable bonds is 6. The molecule has 0 aliphatic heterocycles. The minimum atomic E-state index is -4.81. The zero-order valence-electron chi connectivity index (χ0n) is 12.4. The summed E-state index contributed by atoms with van der Waals surface area (Å²) in [4.78, 5) is 11.9. The van der Waals surface area contributed by atoms with E-state index in [9.17, 15) is 23.1 Å². The summed E-state index contributed by atoms with van der Waals surface area (Å²) in [6, 6.07) is 11.4. The van der Waals surface area contributed by atoms with Crippen LogP contribution in [0.2, 0.25) is 0 Å². The Balaban J connectivity index is 1.83. The number of benzene rings is 2. The van der Waals surface area contributed by atoms with Crippen LogP contribution in [0.5, 0.6) is 11.5 Å². The van der Waals surface area contributed by atoms with Crippen molar-refractivity contribution in [3.05, 3.63) is 59.7 Å². The molecule has 0 saturated heterocycles. The number of nitrogens with one attached hydrogen (secondary N) is 2. The molecule has 0 unspecified atom stereocenters. The Morgan fingerprint density at radius 1 is 1.12 bits per heavy atom. The number of alkyl halides is 3. The first-order valence-electron chi connectivity index (χ1n) is 7.00. The maximum Gasteiger partial charge on any atom is 0.573 e. The molecule has 0 saturated carbocycles. The lowest BCUT2D eigenvalue weighted by Gasteiger charge is -2.11. The normalized spacial score (nSPS) is 11.1. The molecule has 0 radical (unpaired) electrons. The van der Waals surface area contributed by atoms with E-state index < -0.39 is 18.0 Å². The first-order chi connectivity index (χ1) is 11.3. The zero-order valence-corrected chi connectivity index (χ0v) is 12.4. The summed E-state index contributed by atoms with van der Waals surface area (Å²) in [5.41, 5.74) is 5.96. The summed E-state index contributed by atoms with van der Waals surface area (Å²) in [6.07, 6.45) is -4.26. The van der Waals surface area contributed by atoms with Gasteiger partial charge in [-0.1, -0.05) is 18.2 Å². The topological polar surface area (TPSA) is 70.6 Å². The van der Waals surface area contributed by atoms with Gasteiger partial charge in [0.05, 0.1) is 0 Å². The average molecular weight is 340 g/mol. The predicted octanol–water partition coefficient (Wildman–Crippen LogP) is 2.77. The summed E-state index contributed by atoms with van der Waals surface area (Å²) in [6.45, 7) is 0.383. The molecule has 24 heavy (non-hydrogen) atoms. The number of amides is 1. The van der Waals surface area contributed by atoms with Crippen LogP contribution in [0.4, 0.5) is 13.2 Å². The van der Waals surface area contributed by atoms with E-state index in [2.05, 4.69) is 15.6 Å². The number of ether oxygens (including phenoxy) is 1. The number of carbonyl (C=O) groups excluding carboxylic acids is 1. The molecule has 0 spiro atoms. The van der Waals surface area contributed by atoms with Crippen LogP contribution in [0.15, 0.2) is 48.5 Å². The fourth-order valence-electron chi connectivity index (χ4n) is 1.97. The van der Waals surface area contributed by atoms with Gasteiger partial charge in [0.25, 0.3) is 5.91 Å². The Morgan fingerprint density at radius 2 is 1.88 bits per heavy atom. The highest BCUT2D eigenvalue weighted by Gasteiger charge is 2.31. The quantitative estimate of drug-likeness (QED) is 0.559. The molecular weight excluding hydrogens is 325 g/mol. The van der Waals surface area contributed by atoms with Gasteiger partial charge in [-0.2, -0.15) is 0 Å². The lowest BCUT2D eigenvalue weighted by Crippen LogP contribution is -2.38. The van der Waals surface area contributed by atoms with Gasteiger partial charge in [-0.05, 0) is 42.3 Å². The largest absolute Gasteiger partial charge is 0.573 e. The molecule has 0 aliphatic rings. The van der Waals surface area contributed by atoms with Gasteiger partial charge in [-0.25, -0.2) is 5.43 Å². The molecule has 5 nitrogen and oxygen atoms in total. The number of aromatic hydroxyl groups is 1. The van der Waals surface area contributed by atoms with Crippen molar-refractivity contribution >= 4 is 5.91 Å². The molecule has 0 fully saturated rings. The third-order valence-corrected chi connectivity index (χ3v) is 2.98. The Labute approximate surface area is 136 Å². The summed E-state index contributed by atoms with van der Waals surface area (Å²) in [5.74, 6) is -0.897. The van der Waals surface area contributed by atoms with E-state index >= 15 is 0 Å². The van der Waals surface area contributed by atoms with Crippen LogP contribution < -0.4 is 15.6 Å². The first-order valence-corrected chi connectivity index (χ1v) is 7.00. The van der Waals surface area contributed by atoms with Gasteiger partial charge < -0.3 is 9.84 Å². The van der Waals surface area contributed by atoms with Crippen molar-refractivity contribution in [2.24, 2.45) is 0 Å². The van der Waals surface area contributed by atoms with Gasteiger partial charge in [0, 0.05) is 12.1 Å². The van der Waals surface area contributed by atoms with Crippen molar-refractivity contribution < 1.29 is 27.8 Å². The molecule has 0 heterocycles. The van der Waals surface area contributed by atoms with Gasteiger partial charge in [0.15, 0.2) is 0 Å². The highest BCUT2D eigenvalue weighted by molar-refractivity contribution is 5.94. The highest BCUT2D eigenvalue weighted by atomic mass is 19.4. The predicted molar refractivity (Wildman–Crippen MR) is 80.4 cm³/mol. The summed E-state index contributed by atoms with van der Waals surface area (Å²) >= 11 is 0. The van der Waals surface area contributed by atoms with E-state index in [0.717, 1.165) is 17.7 Å². The van der Waals surface area contributed by atoms with E-state index in [-0.39, 0.29) is 11.3 Å². The van der Waals surface area contributed by atoms with Crippen molar-refractivity contribution in [3.8, 4) is 11.5 Å². The summed E-state index contributed by atoms with van der Waals surface area (Å²) in [5, 5.41) is 9.33. The van der Waals surface area contributed by atoms with Crippen molar-refractivity contribution in [1.29, 1.82) is 0 Å². The Bertz CT molecular complexity index is 705. The molecule has 1 amide bonds. The molecule has 0 bridgehead atoms. The van der Waals surface area contributed by atoms with E-state index in [1.165, 1.54) is 12.1 Å². The Hall–Kier alpha value is -2.74. The smallest absolute Gasteiger partial charge is 0.508 e. The van der Waals surface area contributed by atoms with Gasteiger partial charge >= 0.3 is 6.36 Å². The molecule has 2 rings (SSSR count). The molecule has 0 atom stereocenters. The number of hydrogen-bond acceptors (Lipinski definition) is 4. The van der Waals surface area contributed by atoms with Crippen LogP contribution in [0.3, 0.4) is 0 Å². The monoisotopic (exact) mass is 340 g/mol. The zero-order chi connectivity index (χ0) is 17.6. The van der Waals surface area contributed by atoms with Crippen molar-refractivity contribution in [3.63, 3.8) is 0 Å². The molecule has 0 aromatic heterocycles. The fourth-order valence-corrected chi connectivity index (χ4v) is 1.97. The Morgan fingerprint density at radius 3 is 2.58 bits per heavy atom. The van der Waals surface area contributed by atoms with Crippen molar-refractivity contribution in [2.45, 2.75) is 12.8 Å². The minimum Gasteiger partial charge on any atom is -0.508 e. The van der Waals surface area contributed by atoms with Crippen LogP contribution >= 0.6 is 0 Å². The number of phenols is 1. The van der Waals surface area contributed by atoms with Crippen LogP contribution in [0.25, 0.3) is 0 Å². The van der Waals surface area contributed by atoms with Crippen molar-refractivity contribution in [2.75, 3.05) is 6.54 Å². The van der Waals surface area contributed by atoms with E-state index in [1.807, 2.05) is 6.07 Å². The molecule has 8 heteroatoms. The van der Waals surface area contributed by atoms with E-state index in [1.54, 1.807) is 18.2 Å². The van der Waals surface area contributed by atoms with E-state index in [4.69, 9.17) is 0 Å². The Kier molecular flexibility index (Phi) is 5.64. The van der Waals surface area contributed by atoms with Crippen LogP contribution in [-0.4, -0.2) is 23.9 Å². The third kappa shape index (κ3) is 5.81. The minimum absolute atomic E-state index is 0.0293. The maximum atomic E-state index is 12.2. The second-order valence-corrected chi connectivity index (χ2v) is 4.88. The molecule has 2 aromatic rings. The second kappa shape index (κ2) is 7.69. The van der Waals surface area contributed by atoms with Crippen LogP contribution in [0, 0.1) is 0 Å².